The molecule has 172 valence electrons. The fourth-order valence-electron chi connectivity index (χ4n) is 4.12. The van der Waals surface area contributed by atoms with Crippen LogP contribution in [0.5, 0.6) is 0 Å². The summed E-state index contributed by atoms with van der Waals surface area (Å²) in [7, 11) is 3.29. The number of aromatic nitrogens is 5. The molecule has 3 aromatic heterocycles. The van der Waals surface area contributed by atoms with Crippen molar-refractivity contribution in [3.8, 4) is 5.69 Å². The van der Waals surface area contributed by atoms with E-state index in [0.29, 0.717) is 23.1 Å². The maximum Gasteiger partial charge on any atom is 0.339 e. The number of imidazole rings is 1. The number of esters is 1. The van der Waals surface area contributed by atoms with Crippen LogP contribution < -0.4 is 11.2 Å². The number of nitrogens with zero attached hydrogens (tertiary/aromatic N) is 5. The van der Waals surface area contributed by atoms with Crippen molar-refractivity contribution in [3.05, 3.63) is 80.0 Å². The topological polar surface area (TPSA) is 93.1 Å². The molecule has 0 N–H and O–H groups in total. The lowest BCUT2D eigenvalue weighted by Crippen LogP contribution is -2.39. The fraction of sp³-hybridized carbons (Fsp3) is 0.333. The largest absolute Gasteiger partial charge is 0.462 e. The molecule has 0 aliphatic heterocycles. The second-order valence-corrected chi connectivity index (χ2v) is 8.27. The molecular formula is C24H27N5O4. The van der Waals surface area contributed by atoms with Gasteiger partial charge >= 0.3 is 11.7 Å². The van der Waals surface area contributed by atoms with Crippen molar-refractivity contribution in [2.24, 2.45) is 14.1 Å². The zero-order valence-corrected chi connectivity index (χ0v) is 19.5. The van der Waals surface area contributed by atoms with E-state index in [9.17, 15) is 14.4 Å². The molecule has 9 nitrogen and oxygen atoms in total. The summed E-state index contributed by atoms with van der Waals surface area (Å²) in [5, 5.41) is 0. The maximum atomic E-state index is 12.8. The Morgan fingerprint density at radius 2 is 1.76 bits per heavy atom. The summed E-state index contributed by atoms with van der Waals surface area (Å²) in [5.74, 6) is -0.427. The molecule has 0 spiro atoms. The summed E-state index contributed by atoms with van der Waals surface area (Å²) in [6, 6.07) is 9.90. The highest BCUT2D eigenvalue weighted by atomic mass is 16.5. The van der Waals surface area contributed by atoms with Crippen LogP contribution in [0, 0.1) is 20.8 Å². The highest BCUT2D eigenvalue weighted by molar-refractivity contribution is 5.91. The van der Waals surface area contributed by atoms with Crippen LogP contribution in [-0.2, 0) is 25.4 Å². The van der Waals surface area contributed by atoms with Gasteiger partial charge in [0.25, 0.3) is 5.56 Å². The Balaban J connectivity index is 1.46. The van der Waals surface area contributed by atoms with Gasteiger partial charge in [-0.2, -0.15) is 0 Å². The van der Waals surface area contributed by atoms with E-state index in [4.69, 9.17) is 4.74 Å². The molecule has 33 heavy (non-hydrogen) atoms. The summed E-state index contributed by atoms with van der Waals surface area (Å²) in [6.07, 6.45) is 1.84. The van der Waals surface area contributed by atoms with Crippen molar-refractivity contribution in [3.63, 3.8) is 0 Å². The monoisotopic (exact) mass is 449 g/mol. The van der Waals surface area contributed by atoms with Crippen LogP contribution in [0.15, 0.2) is 46.2 Å². The van der Waals surface area contributed by atoms with Gasteiger partial charge in [0.2, 0.25) is 0 Å². The van der Waals surface area contributed by atoms with E-state index in [2.05, 4.69) is 4.98 Å². The van der Waals surface area contributed by atoms with E-state index < -0.39 is 17.2 Å². The Labute approximate surface area is 190 Å². The number of hydrogen-bond donors (Lipinski definition) is 0. The number of rotatable bonds is 6. The molecule has 0 aliphatic carbocycles. The molecule has 0 aliphatic rings. The highest BCUT2D eigenvalue weighted by Gasteiger charge is 2.18. The third-order valence-corrected chi connectivity index (χ3v) is 5.90. The number of carbonyl (C=O) groups excluding carboxylic acids is 1. The molecule has 0 amide bonds. The lowest BCUT2D eigenvalue weighted by atomic mass is 10.2. The first kappa shape index (κ1) is 22.3. The molecule has 9 heteroatoms. The average Bonchev–Trinajstić information content (AvgIpc) is 3.31. The molecule has 3 heterocycles. The highest BCUT2D eigenvalue weighted by Crippen LogP contribution is 2.22. The minimum absolute atomic E-state index is 0.0893. The number of carbonyl (C=O) groups is 1. The Hall–Kier alpha value is -3.88. The van der Waals surface area contributed by atoms with E-state index >= 15 is 0 Å². The Morgan fingerprint density at radius 3 is 2.45 bits per heavy atom. The normalized spacial score (nSPS) is 11.3. The zero-order chi connectivity index (χ0) is 23.9. The van der Waals surface area contributed by atoms with E-state index in [0.717, 1.165) is 27.2 Å². The quantitative estimate of drug-likeness (QED) is 0.333. The Morgan fingerprint density at radius 1 is 1.06 bits per heavy atom. The number of aryl methyl sites for hydroxylation is 4. The van der Waals surface area contributed by atoms with Crippen LogP contribution >= 0.6 is 0 Å². The van der Waals surface area contributed by atoms with Crippen LogP contribution in [-0.4, -0.2) is 35.8 Å². The average molecular weight is 450 g/mol. The molecule has 0 atom stereocenters. The zero-order valence-electron chi connectivity index (χ0n) is 19.5. The summed E-state index contributed by atoms with van der Waals surface area (Å²) in [5.41, 5.74) is 4.23. The number of benzene rings is 1. The van der Waals surface area contributed by atoms with Crippen molar-refractivity contribution in [1.29, 1.82) is 0 Å². The first-order chi connectivity index (χ1) is 15.7. The van der Waals surface area contributed by atoms with Crippen LogP contribution in [0.2, 0.25) is 0 Å². The number of hydrogen-bond acceptors (Lipinski definition) is 5. The molecule has 0 bridgehead atoms. The molecule has 0 radical (unpaired) electrons. The minimum Gasteiger partial charge on any atom is -0.462 e. The summed E-state index contributed by atoms with van der Waals surface area (Å²) < 4.78 is 11.6. The predicted octanol–water partition coefficient (Wildman–Crippen LogP) is 2.40. The molecule has 4 rings (SSSR count). The van der Waals surface area contributed by atoms with Crippen molar-refractivity contribution < 1.29 is 9.53 Å². The van der Waals surface area contributed by atoms with Crippen LogP contribution in [0.3, 0.4) is 0 Å². The predicted molar refractivity (Wildman–Crippen MR) is 125 cm³/mol. The van der Waals surface area contributed by atoms with Crippen LogP contribution in [0.1, 0.15) is 33.7 Å². The SMILES string of the molecule is Cc1ccc(-n2c(C)cc(C(=O)OCCCn3c(=O)c4c(ncn4C)n(C)c3=O)c2C)cc1. The summed E-state index contributed by atoms with van der Waals surface area (Å²) >= 11 is 0. The Bertz CT molecular complexity index is 1470. The first-order valence-electron chi connectivity index (χ1n) is 10.7. The van der Waals surface area contributed by atoms with E-state index in [1.54, 1.807) is 18.7 Å². The second kappa shape index (κ2) is 8.57. The van der Waals surface area contributed by atoms with Gasteiger partial charge in [0.05, 0.1) is 18.5 Å². The van der Waals surface area contributed by atoms with Gasteiger partial charge in [0.1, 0.15) is 0 Å². The third kappa shape index (κ3) is 3.90. The van der Waals surface area contributed by atoms with E-state index in [-0.39, 0.29) is 13.2 Å². The first-order valence-corrected chi connectivity index (χ1v) is 10.7. The maximum absolute atomic E-state index is 12.8. The van der Waals surface area contributed by atoms with Crippen molar-refractivity contribution in [1.82, 2.24) is 23.3 Å². The molecule has 4 aromatic rings. The number of ether oxygens (including phenoxy) is 1. The van der Waals surface area contributed by atoms with E-state index in [1.165, 1.54) is 10.9 Å². The third-order valence-electron chi connectivity index (χ3n) is 5.90. The van der Waals surface area contributed by atoms with Gasteiger partial charge in [-0.25, -0.2) is 14.6 Å². The lowest BCUT2D eigenvalue weighted by Gasteiger charge is -2.11. The van der Waals surface area contributed by atoms with Gasteiger partial charge in [0.15, 0.2) is 11.2 Å². The van der Waals surface area contributed by atoms with Gasteiger partial charge in [-0.15, -0.1) is 0 Å². The van der Waals surface area contributed by atoms with Gasteiger partial charge in [0, 0.05) is 37.7 Å². The molecule has 1 aromatic carbocycles. The summed E-state index contributed by atoms with van der Waals surface area (Å²) in [6.45, 7) is 6.09. The molecular weight excluding hydrogens is 422 g/mol. The Kier molecular flexibility index (Phi) is 5.80. The van der Waals surface area contributed by atoms with E-state index in [1.807, 2.05) is 55.7 Å². The molecule has 0 fully saturated rings. The smallest absolute Gasteiger partial charge is 0.339 e. The second-order valence-electron chi connectivity index (χ2n) is 8.27. The molecule has 0 saturated carbocycles. The fourth-order valence-corrected chi connectivity index (χ4v) is 4.12. The van der Waals surface area contributed by atoms with Crippen LogP contribution in [0.25, 0.3) is 16.9 Å². The molecule has 0 saturated heterocycles. The minimum atomic E-state index is -0.445. The van der Waals surface area contributed by atoms with Crippen molar-refractivity contribution in [2.75, 3.05) is 6.61 Å². The van der Waals surface area contributed by atoms with Gasteiger partial charge in [-0.05, 0) is 45.4 Å². The lowest BCUT2D eigenvalue weighted by molar-refractivity contribution is 0.0494. The van der Waals surface area contributed by atoms with Crippen molar-refractivity contribution in [2.45, 2.75) is 33.7 Å². The number of fused-ring (bicyclic) bond motifs is 1. The van der Waals surface area contributed by atoms with Gasteiger partial charge in [-0.3, -0.25) is 13.9 Å². The van der Waals surface area contributed by atoms with Gasteiger partial charge < -0.3 is 13.9 Å². The van der Waals surface area contributed by atoms with Gasteiger partial charge in [-0.1, -0.05) is 17.7 Å². The molecule has 0 unspecified atom stereocenters. The standard InChI is InChI=1S/C24H27N5O4/c1-15-7-9-18(10-8-15)29-16(2)13-19(17(29)3)23(31)33-12-6-11-28-22(30)20-21(25-14-26(20)4)27(5)24(28)32/h7-10,13-14H,6,11-12H2,1-5H3. The van der Waals surface area contributed by atoms with Crippen molar-refractivity contribution >= 4 is 17.1 Å². The summed E-state index contributed by atoms with van der Waals surface area (Å²) in [4.78, 5) is 42.2. The van der Waals surface area contributed by atoms with Crippen LogP contribution in [0.4, 0.5) is 0 Å².